The fraction of sp³-hybridized carbons (Fsp3) is 0.525. The molecule has 3 atom stereocenters. The molecule has 5 rings (SSSR count). The number of hydrogen-bond donors (Lipinski definition) is 4. The van der Waals surface area contributed by atoms with E-state index in [1.54, 1.807) is 0 Å². The van der Waals surface area contributed by atoms with Gasteiger partial charge in [0.15, 0.2) is 0 Å². The third kappa shape index (κ3) is 11.3. The lowest BCUT2D eigenvalue weighted by atomic mass is 9.99. The van der Waals surface area contributed by atoms with Gasteiger partial charge in [0, 0.05) is 56.2 Å². The quantitative estimate of drug-likeness (QED) is 0.166. The molecule has 54 heavy (non-hydrogen) atoms. The number of nitrogens with zero attached hydrogens (tertiary/aromatic N) is 4. The summed E-state index contributed by atoms with van der Waals surface area (Å²) in [5, 5.41) is 9.79. The van der Waals surface area contributed by atoms with Gasteiger partial charge in [-0.05, 0) is 67.6 Å². The van der Waals surface area contributed by atoms with Crippen molar-refractivity contribution in [3.05, 3.63) is 66.1 Å². The standard InChI is InChI=1S/C40H55FN8O5/c1-26(2)20-33(44-37(50)24-48-18-16-47(5)17-19-48)38(51)45-34(21-27(3)4)39(52)46-35(22-28-23-43-32-9-7-6-8-31(28)32)40(53)49-15-14-42-36(49)25-54-30-12-10-29(41)11-13-30/h6-13,23,26-27,33-35,43H,14-22,24-25H2,1-5H3,(H,44,50)(H,45,51)(H,46,52)/t33-,34-,35-/m0/s1. The van der Waals surface area contributed by atoms with Crippen LogP contribution in [-0.4, -0.2) is 127 Å². The predicted octanol–water partition coefficient (Wildman–Crippen LogP) is 2.96. The zero-order valence-electron chi connectivity index (χ0n) is 32.1. The third-order valence-corrected chi connectivity index (χ3v) is 9.75. The zero-order valence-corrected chi connectivity index (χ0v) is 32.1. The number of ether oxygens (including phenoxy) is 1. The maximum atomic E-state index is 14.4. The molecule has 1 aromatic heterocycles. The van der Waals surface area contributed by atoms with Crippen molar-refractivity contribution in [2.75, 3.05) is 59.5 Å². The van der Waals surface area contributed by atoms with Crippen molar-refractivity contribution in [3.8, 4) is 5.75 Å². The van der Waals surface area contributed by atoms with E-state index >= 15 is 0 Å². The molecule has 3 heterocycles. The number of benzene rings is 2. The maximum absolute atomic E-state index is 14.4. The lowest BCUT2D eigenvalue weighted by Crippen LogP contribution is -2.58. The molecule has 0 radical (unpaired) electrons. The first kappa shape index (κ1) is 40.4. The number of halogens is 1. The van der Waals surface area contributed by atoms with E-state index in [9.17, 15) is 23.6 Å². The Bertz CT molecular complexity index is 1770. The average Bonchev–Trinajstić information content (AvgIpc) is 3.78. The highest BCUT2D eigenvalue weighted by atomic mass is 19.1. The smallest absolute Gasteiger partial charge is 0.250 e. The molecule has 0 bridgehead atoms. The third-order valence-electron chi connectivity index (χ3n) is 9.75. The summed E-state index contributed by atoms with van der Waals surface area (Å²) in [4.78, 5) is 69.2. The molecule has 0 aliphatic carbocycles. The van der Waals surface area contributed by atoms with Crippen LogP contribution in [0.25, 0.3) is 10.9 Å². The Morgan fingerprint density at radius 2 is 1.46 bits per heavy atom. The SMILES string of the molecule is CC(C)C[C@H](NC(=O)CN1CCN(C)CC1)C(=O)N[C@@H](CC(C)C)C(=O)N[C@@H](Cc1c[nH]c2ccccc12)C(=O)N1CCN=C1COc1ccc(F)cc1. The fourth-order valence-corrected chi connectivity index (χ4v) is 6.84. The Morgan fingerprint density at radius 3 is 2.13 bits per heavy atom. The van der Waals surface area contributed by atoms with Gasteiger partial charge in [0.25, 0.3) is 5.91 Å². The largest absolute Gasteiger partial charge is 0.486 e. The van der Waals surface area contributed by atoms with Crippen LogP contribution < -0.4 is 20.7 Å². The van der Waals surface area contributed by atoms with E-state index in [2.05, 4.69) is 42.8 Å². The van der Waals surface area contributed by atoms with Crippen molar-refractivity contribution >= 4 is 40.4 Å². The van der Waals surface area contributed by atoms with Gasteiger partial charge in [-0.25, -0.2) is 4.39 Å². The van der Waals surface area contributed by atoms with E-state index < -0.39 is 29.9 Å². The molecule has 14 heteroatoms. The van der Waals surface area contributed by atoms with E-state index in [0.29, 0.717) is 37.5 Å². The molecule has 292 valence electrons. The second kappa shape index (κ2) is 19.0. The highest BCUT2D eigenvalue weighted by Crippen LogP contribution is 2.21. The van der Waals surface area contributed by atoms with Crippen molar-refractivity contribution in [2.24, 2.45) is 16.8 Å². The average molecular weight is 747 g/mol. The number of nitrogens with one attached hydrogen (secondary N) is 4. The lowest BCUT2D eigenvalue weighted by molar-refractivity contribution is -0.136. The normalized spacial score (nSPS) is 17.0. The molecule has 2 aliphatic rings. The first-order valence-corrected chi connectivity index (χ1v) is 18.9. The van der Waals surface area contributed by atoms with Crippen LogP contribution in [0.2, 0.25) is 0 Å². The molecule has 1 fully saturated rings. The maximum Gasteiger partial charge on any atom is 0.250 e. The van der Waals surface area contributed by atoms with Crippen LogP contribution in [0.4, 0.5) is 4.39 Å². The first-order valence-electron chi connectivity index (χ1n) is 18.9. The molecule has 2 aliphatic heterocycles. The Morgan fingerprint density at radius 1 is 0.833 bits per heavy atom. The number of aromatic amines is 1. The number of aromatic nitrogens is 1. The van der Waals surface area contributed by atoms with Crippen LogP contribution in [0.5, 0.6) is 5.75 Å². The molecule has 1 saturated heterocycles. The zero-order chi connectivity index (χ0) is 38.8. The highest BCUT2D eigenvalue weighted by molar-refractivity contribution is 6.04. The van der Waals surface area contributed by atoms with Crippen molar-refractivity contribution in [1.29, 1.82) is 0 Å². The summed E-state index contributed by atoms with van der Waals surface area (Å²) in [6.07, 6.45) is 2.73. The second-order valence-electron chi connectivity index (χ2n) is 15.2. The number of para-hydroxylation sites is 1. The van der Waals surface area contributed by atoms with Crippen molar-refractivity contribution in [2.45, 2.75) is 65.1 Å². The van der Waals surface area contributed by atoms with Crippen LogP contribution in [0.3, 0.4) is 0 Å². The summed E-state index contributed by atoms with van der Waals surface area (Å²) in [7, 11) is 2.05. The first-order chi connectivity index (χ1) is 25.9. The number of aliphatic imine (C=N–C) groups is 1. The monoisotopic (exact) mass is 746 g/mol. The summed E-state index contributed by atoms with van der Waals surface area (Å²) in [6.45, 7) is 12.0. The molecule has 4 N–H and O–H groups in total. The van der Waals surface area contributed by atoms with Gasteiger partial charge >= 0.3 is 0 Å². The minimum absolute atomic E-state index is 0.0189. The second-order valence-corrected chi connectivity index (χ2v) is 15.2. The molecule has 0 saturated carbocycles. The molecule has 0 spiro atoms. The number of rotatable bonds is 17. The van der Waals surface area contributed by atoms with E-state index in [1.807, 2.05) is 58.2 Å². The van der Waals surface area contributed by atoms with E-state index in [4.69, 9.17) is 4.74 Å². The molecule has 3 aromatic rings. The molecule has 4 amide bonds. The molecule has 0 unspecified atom stereocenters. The van der Waals surface area contributed by atoms with Crippen LogP contribution >= 0.6 is 0 Å². The summed E-state index contributed by atoms with van der Waals surface area (Å²) >= 11 is 0. The Balaban J connectivity index is 1.32. The number of hydrogen-bond acceptors (Lipinski definition) is 8. The summed E-state index contributed by atoms with van der Waals surface area (Å²) in [6, 6.07) is 10.5. The van der Waals surface area contributed by atoms with Crippen molar-refractivity contribution in [1.82, 2.24) is 35.6 Å². The van der Waals surface area contributed by atoms with Crippen LogP contribution in [0, 0.1) is 17.7 Å². The van der Waals surface area contributed by atoms with Crippen LogP contribution in [0.1, 0.15) is 46.1 Å². The van der Waals surface area contributed by atoms with Gasteiger partial charge in [-0.2, -0.15) is 0 Å². The van der Waals surface area contributed by atoms with Crippen LogP contribution in [0.15, 0.2) is 59.7 Å². The minimum atomic E-state index is -1.01. The van der Waals surface area contributed by atoms with Gasteiger partial charge in [0.05, 0.1) is 13.1 Å². The number of carbonyl (C=O) groups is 4. The summed E-state index contributed by atoms with van der Waals surface area (Å²) < 4.78 is 19.3. The minimum Gasteiger partial charge on any atom is -0.486 e. The summed E-state index contributed by atoms with van der Waals surface area (Å²) in [5.41, 5.74) is 1.74. The molecule has 13 nitrogen and oxygen atoms in total. The number of fused-ring (bicyclic) bond motifs is 1. The molecule has 2 aromatic carbocycles. The number of amides is 4. The van der Waals surface area contributed by atoms with Crippen LogP contribution in [-0.2, 0) is 25.6 Å². The van der Waals surface area contributed by atoms with E-state index in [0.717, 1.165) is 42.6 Å². The van der Waals surface area contributed by atoms with Gasteiger partial charge in [0.1, 0.15) is 42.1 Å². The van der Waals surface area contributed by atoms with Gasteiger partial charge in [0.2, 0.25) is 17.7 Å². The topological polar surface area (TPSA) is 151 Å². The van der Waals surface area contributed by atoms with Crippen molar-refractivity contribution < 1.29 is 28.3 Å². The van der Waals surface area contributed by atoms with Gasteiger partial charge in [-0.1, -0.05) is 45.9 Å². The Hall–Kier alpha value is -4.82. The highest BCUT2D eigenvalue weighted by Gasteiger charge is 2.35. The number of H-pyrrole nitrogens is 1. The number of piperazine rings is 1. The predicted molar refractivity (Wildman–Crippen MR) is 207 cm³/mol. The number of amidine groups is 1. The molecular weight excluding hydrogens is 691 g/mol. The fourth-order valence-electron chi connectivity index (χ4n) is 6.84. The number of carbonyl (C=O) groups excluding carboxylic acids is 4. The van der Waals surface area contributed by atoms with Gasteiger partial charge in [-0.15, -0.1) is 0 Å². The Labute approximate surface area is 317 Å². The van der Waals surface area contributed by atoms with Gasteiger partial charge < -0.3 is 30.6 Å². The van der Waals surface area contributed by atoms with Crippen molar-refractivity contribution in [3.63, 3.8) is 0 Å². The molecular formula is C40H55FN8O5. The number of likely N-dealkylation sites (N-methyl/N-ethyl adjacent to an activating group) is 1. The lowest BCUT2D eigenvalue weighted by Gasteiger charge is -2.32. The Kier molecular flexibility index (Phi) is 14.2. The van der Waals surface area contributed by atoms with Gasteiger partial charge in [-0.3, -0.25) is 34.0 Å². The van der Waals surface area contributed by atoms with E-state index in [1.165, 1.54) is 29.2 Å². The summed E-state index contributed by atoms with van der Waals surface area (Å²) in [5.74, 6) is -0.966. The van der Waals surface area contributed by atoms with E-state index in [-0.39, 0.29) is 49.0 Å².